The number of hydrogen-bond donors (Lipinski definition) is 0. The first-order chi connectivity index (χ1) is 11.2. The van der Waals surface area contributed by atoms with E-state index < -0.39 is 0 Å². The lowest BCUT2D eigenvalue weighted by Gasteiger charge is -2.80. The molecule has 0 aliphatic heterocycles. The summed E-state index contributed by atoms with van der Waals surface area (Å²) in [4.78, 5) is 0. The monoisotopic (exact) mass is 360 g/mol. The Bertz CT molecular complexity index is 434. The van der Waals surface area contributed by atoms with E-state index in [9.17, 15) is 0 Å². The maximum absolute atomic E-state index is 2.56. The minimum absolute atomic E-state index is 0.387. The van der Waals surface area contributed by atoms with Crippen LogP contribution in [0.5, 0.6) is 0 Å². The van der Waals surface area contributed by atoms with Crippen LogP contribution < -0.4 is 0 Å². The lowest BCUT2D eigenvalue weighted by Crippen LogP contribution is -2.71. The summed E-state index contributed by atoms with van der Waals surface area (Å²) in [5, 5.41) is 0. The van der Waals surface area contributed by atoms with Crippen molar-refractivity contribution in [1.82, 2.24) is 0 Å². The molecule has 0 aromatic rings. The van der Waals surface area contributed by atoms with E-state index in [0.717, 1.165) is 0 Å². The second-order valence-electron chi connectivity index (χ2n) is 15.2. The van der Waals surface area contributed by atoms with Crippen LogP contribution in [-0.2, 0) is 0 Å². The highest BCUT2D eigenvalue weighted by Gasteiger charge is 2.75. The van der Waals surface area contributed by atoms with Crippen LogP contribution >= 0.6 is 0 Å². The molecular formula is C26H48. The Morgan fingerprint density at radius 1 is 0.308 bits per heavy atom. The van der Waals surface area contributed by atoms with Crippen molar-refractivity contribution >= 4 is 0 Å². The molecule has 0 saturated heterocycles. The molecule has 0 N–H and O–H groups in total. The van der Waals surface area contributed by atoms with Gasteiger partial charge >= 0.3 is 0 Å². The molecule has 4 aliphatic carbocycles. The Labute approximate surface area is 165 Å². The second kappa shape index (κ2) is 4.94. The van der Waals surface area contributed by atoms with Crippen LogP contribution in [0.4, 0.5) is 0 Å². The predicted molar refractivity (Wildman–Crippen MR) is 115 cm³/mol. The zero-order valence-corrected chi connectivity index (χ0v) is 20.2. The summed E-state index contributed by atoms with van der Waals surface area (Å²) in [6.45, 7) is 30.7. The van der Waals surface area contributed by atoms with Gasteiger partial charge in [-0.25, -0.2) is 0 Å². The first-order valence-corrected chi connectivity index (χ1v) is 11.2. The summed E-state index contributed by atoms with van der Waals surface area (Å²) in [6.07, 6.45) is 8.77. The molecule has 4 aliphatic rings. The van der Waals surface area contributed by atoms with E-state index in [0.29, 0.717) is 43.3 Å². The van der Waals surface area contributed by atoms with Crippen LogP contribution in [0.1, 0.15) is 122 Å². The highest BCUT2D eigenvalue weighted by molar-refractivity contribution is 5.24. The smallest absolute Gasteiger partial charge is 0.0232 e. The van der Waals surface area contributed by atoms with Crippen molar-refractivity contribution in [3.63, 3.8) is 0 Å². The molecule has 152 valence electrons. The molecule has 26 heavy (non-hydrogen) atoms. The quantitative estimate of drug-likeness (QED) is 0.406. The Kier molecular flexibility index (Phi) is 3.94. The van der Waals surface area contributed by atoms with Gasteiger partial charge in [0.2, 0.25) is 0 Å². The van der Waals surface area contributed by atoms with E-state index in [1.54, 1.807) is 0 Å². The molecule has 0 aromatic carbocycles. The van der Waals surface area contributed by atoms with E-state index in [1.807, 2.05) is 0 Å². The molecule has 4 bridgehead atoms. The molecule has 0 amide bonds. The molecular weight excluding hydrogens is 312 g/mol. The summed E-state index contributed by atoms with van der Waals surface area (Å²) >= 11 is 0. The van der Waals surface area contributed by atoms with Gasteiger partial charge in [0.15, 0.2) is 0 Å². The van der Waals surface area contributed by atoms with E-state index >= 15 is 0 Å². The molecule has 4 saturated carbocycles. The van der Waals surface area contributed by atoms with E-state index in [4.69, 9.17) is 0 Å². The normalized spacial score (nSPS) is 43.8. The fourth-order valence-electron chi connectivity index (χ4n) is 7.82. The van der Waals surface area contributed by atoms with Gasteiger partial charge in [0, 0.05) is 0 Å². The fraction of sp³-hybridized carbons (Fsp3) is 1.00. The number of rotatable bonds is 0. The number of hydrogen-bond acceptors (Lipinski definition) is 0. The van der Waals surface area contributed by atoms with Crippen molar-refractivity contribution in [3.8, 4) is 0 Å². The van der Waals surface area contributed by atoms with Crippen molar-refractivity contribution < 1.29 is 0 Å². The van der Waals surface area contributed by atoms with Gasteiger partial charge in [-0.3, -0.25) is 0 Å². The Morgan fingerprint density at radius 2 is 0.423 bits per heavy atom. The minimum Gasteiger partial charge on any atom is -0.0596 e. The Balaban J connectivity index is 2.33. The van der Waals surface area contributed by atoms with Gasteiger partial charge in [0.25, 0.3) is 0 Å². The summed E-state index contributed by atoms with van der Waals surface area (Å²) < 4.78 is 0. The van der Waals surface area contributed by atoms with Gasteiger partial charge in [0.1, 0.15) is 0 Å². The predicted octanol–water partition coefficient (Wildman–Crippen LogP) is 8.50. The SMILES string of the molecule is CC(C)(C)C12CC3(C(C)(C)C)CC(C(C)(C)C)(C1)CC(C(C)(C)C)(C2)C3. The summed E-state index contributed by atoms with van der Waals surface area (Å²) in [6, 6.07) is 0. The van der Waals surface area contributed by atoms with Crippen LogP contribution in [0.3, 0.4) is 0 Å². The van der Waals surface area contributed by atoms with Gasteiger partial charge in [0.05, 0.1) is 0 Å². The third kappa shape index (κ3) is 2.45. The zero-order chi connectivity index (χ0) is 20.2. The van der Waals surface area contributed by atoms with Crippen LogP contribution in [0.15, 0.2) is 0 Å². The zero-order valence-electron chi connectivity index (χ0n) is 20.2. The lowest BCUT2D eigenvalue weighted by atomic mass is 9.25. The Hall–Kier alpha value is 0. The Morgan fingerprint density at radius 3 is 0.500 bits per heavy atom. The molecule has 0 spiro atoms. The van der Waals surface area contributed by atoms with Gasteiger partial charge in [-0.2, -0.15) is 0 Å². The van der Waals surface area contributed by atoms with Crippen molar-refractivity contribution in [2.45, 2.75) is 122 Å². The molecule has 4 fully saturated rings. The maximum atomic E-state index is 2.56. The van der Waals surface area contributed by atoms with Crippen molar-refractivity contribution in [2.24, 2.45) is 43.3 Å². The minimum atomic E-state index is 0.387. The van der Waals surface area contributed by atoms with Crippen molar-refractivity contribution in [3.05, 3.63) is 0 Å². The van der Waals surface area contributed by atoms with Crippen LogP contribution in [0.2, 0.25) is 0 Å². The van der Waals surface area contributed by atoms with Gasteiger partial charge in [-0.15, -0.1) is 0 Å². The molecule has 0 aromatic heterocycles. The largest absolute Gasteiger partial charge is 0.0596 e. The average molecular weight is 361 g/mol. The van der Waals surface area contributed by atoms with Crippen molar-refractivity contribution in [1.29, 1.82) is 0 Å². The highest BCUT2D eigenvalue weighted by atomic mass is 14.8. The van der Waals surface area contributed by atoms with Crippen molar-refractivity contribution in [2.75, 3.05) is 0 Å². The van der Waals surface area contributed by atoms with E-state index in [2.05, 4.69) is 83.1 Å². The van der Waals surface area contributed by atoms with E-state index in [-0.39, 0.29) is 0 Å². The lowest BCUT2D eigenvalue weighted by molar-refractivity contribution is -0.302. The van der Waals surface area contributed by atoms with Gasteiger partial charge < -0.3 is 0 Å². The molecule has 0 heterocycles. The van der Waals surface area contributed by atoms with E-state index in [1.165, 1.54) is 38.5 Å². The second-order valence-corrected chi connectivity index (χ2v) is 15.2. The summed E-state index contributed by atoms with van der Waals surface area (Å²) in [5.74, 6) is 0. The summed E-state index contributed by atoms with van der Waals surface area (Å²) in [7, 11) is 0. The summed E-state index contributed by atoms with van der Waals surface area (Å²) in [5.41, 5.74) is 3.53. The van der Waals surface area contributed by atoms with Gasteiger partial charge in [-0.1, -0.05) is 83.1 Å². The molecule has 0 heteroatoms. The third-order valence-electron chi connectivity index (χ3n) is 10.4. The topological polar surface area (TPSA) is 0 Å². The first kappa shape index (κ1) is 20.7. The van der Waals surface area contributed by atoms with Crippen LogP contribution in [0.25, 0.3) is 0 Å². The molecule has 4 rings (SSSR count). The molecule has 0 unspecified atom stereocenters. The average Bonchev–Trinajstić information content (AvgIpc) is 2.31. The maximum Gasteiger partial charge on any atom is -0.0232 e. The van der Waals surface area contributed by atoms with Gasteiger partial charge in [-0.05, 0) is 81.8 Å². The molecule has 0 nitrogen and oxygen atoms in total. The molecule has 0 atom stereocenters. The highest BCUT2D eigenvalue weighted by Crippen LogP contribution is 2.84. The fourth-order valence-corrected chi connectivity index (χ4v) is 7.82. The van der Waals surface area contributed by atoms with Crippen LogP contribution in [0, 0.1) is 43.3 Å². The first-order valence-electron chi connectivity index (χ1n) is 11.2. The third-order valence-corrected chi connectivity index (χ3v) is 10.4. The standard InChI is InChI=1S/C26H48/c1-19(2,3)23-13-24(20(4,5)6)16-25(14-23,21(7,8)9)18-26(15-23,17-24)22(10,11)12/h13-18H2,1-12H3. The molecule has 0 radical (unpaired) electrons. The van der Waals surface area contributed by atoms with Crippen LogP contribution in [-0.4, -0.2) is 0 Å².